The molecule has 2 nitrogen and oxygen atoms in total. The highest BCUT2D eigenvalue weighted by molar-refractivity contribution is 7.91. The summed E-state index contributed by atoms with van der Waals surface area (Å²) in [5.74, 6) is 0.952. The average Bonchev–Trinajstić information content (AvgIpc) is 2.36. The van der Waals surface area contributed by atoms with E-state index in [2.05, 4.69) is 31.2 Å². The molecule has 0 spiro atoms. The smallest absolute Gasteiger partial charge is 0.152 e. The molecule has 0 aliphatic carbocycles. The van der Waals surface area contributed by atoms with Crippen LogP contribution >= 0.6 is 11.6 Å². The lowest BCUT2D eigenvalue weighted by molar-refractivity contribution is 0.544. The van der Waals surface area contributed by atoms with Crippen molar-refractivity contribution in [3.63, 3.8) is 0 Å². The lowest BCUT2D eigenvalue weighted by Crippen LogP contribution is -2.21. The van der Waals surface area contributed by atoms with E-state index in [9.17, 15) is 8.42 Å². The maximum Gasteiger partial charge on any atom is 0.152 e. The van der Waals surface area contributed by atoms with E-state index >= 15 is 0 Å². The molecule has 0 fully saturated rings. The Morgan fingerprint density at radius 1 is 1.16 bits per heavy atom. The summed E-state index contributed by atoms with van der Waals surface area (Å²) >= 11 is 5.96. The van der Waals surface area contributed by atoms with Crippen molar-refractivity contribution in [1.82, 2.24) is 0 Å². The van der Waals surface area contributed by atoms with Crippen molar-refractivity contribution < 1.29 is 8.42 Å². The third-order valence-electron chi connectivity index (χ3n) is 3.39. The Hall–Kier alpha value is -0.540. The first-order valence-corrected chi connectivity index (χ1v) is 8.93. The summed E-state index contributed by atoms with van der Waals surface area (Å²) in [6, 6.07) is 8.33. The van der Waals surface area contributed by atoms with Crippen molar-refractivity contribution in [2.45, 2.75) is 38.9 Å². The van der Waals surface area contributed by atoms with Crippen LogP contribution in [0.3, 0.4) is 0 Å². The molecule has 0 bridgehead atoms. The molecule has 19 heavy (non-hydrogen) atoms. The van der Waals surface area contributed by atoms with Crippen LogP contribution in [0.15, 0.2) is 24.3 Å². The topological polar surface area (TPSA) is 34.1 Å². The van der Waals surface area contributed by atoms with E-state index in [1.54, 1.807) is 13.8 Å². The first kappa shape index (κ1) is 16.5. The minimum absolute atomic E-state index is 0.220. The summed E-state index contributed by atoms with van der Waals surface area (Å²) in [4.78, 5) is 0. The molecule has 0 aromatic heterocycles. The van der Waals surface area contributed by atoms with Crippen molar-refractivity contribution in [3.05, 3.63) is 35.4 Å². The summed E-state index contributed by atoms with van der Waals surface area (Å²) in [5.41, 5.74) is 2.45. The second-order valence-corrected chi connectivity index (χ2v) is 8.40. The predicted octanol–water partition coefficient (Wildman–Crippen LogP) is 3.61. The van der Waals surface area contributed by atoms with Crippen molar-refractivity contribution in [2.24, 2.45) is 5.92 Å². The van der Waals surface area contributed by atoms with Gasteiger partial charge in [0.05, 0.1) is 11.0 Å². The monoisotopic (exact) mass is 302 g/mol. The minimum atomic E-state index is -2.96. The van der Waals surface area contributed by atoms with Gasteiger partial charge in [-0.3, -0.25) is 0 Å². The fourth-order valence-electron chi connectivity index (χ4n) is 1.86. The molecule has 0 saturated heterocycles. The second kappa shape index (κ2) is 7.30. The third-order valence-corrected chi connectivity index (χ3v) is 6.07. The lowest BCUT2D eigenvalue weighted by Gasteiger charge is -2.15. The van der Waals surface area contributed by atoms with Gasteiger partial charge in [-0.15, -0.1) is 11.6 Å². The van der Waals surface area contributed by atoms with Crippen LogP contribution in [0.4, 0.5) is 0 Å². The van der Waals surface area contributed by atoms with Gasteiger partial charge in [0, 0.05) is 5.88 Å². The van der Waals surface area contributed by atoms with Crippen LogP contribution in [0.1, 0.15) is 31.4 Å². The van der Waals surface area contributed by atoms with E-state index in [4.69, 9.17) is 11.6 Å². The van der Waals surface area contributed by atoms with Gasteiger partial charge >= 0.3 is 0 Å². The number of sulfone groups is 1. The molecule has 0 aliphatic heterocycles. The fraction of sp³-hybridized carbons (Fsp3) is 0.600. The summed E-state index contributed by atoms with van der Waals surface area (Å²) in [6.07, 6.45) is 1.48. The van der Waals surface area contributed by atoms with Crippen LogP contribution in [0.2, 0.25) is 0 Å². The molecule has 0 radical (unpaired) electrons. The van der Waals surface area contributed by atoms with Crippen molar-refractivity contribution in [3.8, 4) is 0 Å². The Kier molecular flexibility index (Phi) is 6.34. The van der Waals surface area contributed by atoms with Crippen molar-refractivity contribution >= 4 is 21.4 Å². The van der Waals surface area contributed by atoms with Crippen LogP contribution in [-0.4, -0.2) is 25.3 Å². The summed E-state index contributed by atoms with van der Waals surface area (Å²) in [5, 5.41) is -0.303. The minimum Gasteiger partial charge on any atom is -0.229 e. The zero-order valence-electron chi connectivity index (χ0n) is 11.9. The standard InChI is InChI=1S/C15H23ClO2S/c1-12(2)19(17,18)9-8-15(11-16)10-14-6-4-13(3)5-7-14/h4-7,12,15H,8-11H2,1-3H3. The summed E-state index contributed by atoms with van der Waals surface area (Å²) in [7, 11) is -2.96. The number of alkyl halides is 1. The van der Waals surface area contributed by atoms with Crippen LogP contribution in [0.25, 0.3) is 0 Å². The molecule has 1 aromatic rings. The number of aryl methyl sites for hydroxylation is 1. The Bertz CT molecular complexity index is 477. The average molecular weight is 303 g/mol. The van der Waals surface area contributed by atoms with E-state index in [1.165, 1.54) is 11.1 Å². The highest BCUT2D eigenvalue weighted by Gasteiger charge is 2.18. The fourth-order valence-corrected chi connectivity index (χ4v) is 3.25. The zero-order valence-corrected chi connectivity index (χ0v) is 13.5. The van der Waals surface area contributed by atoms with Gasteiger partial charge in [-0.05, 0) is 45.1 Å². The Labute approximate surface area is 122 Å². The highest BCUT2D eigenvalue weighted by atomic mass is 35.5. The van der Waals surface area contributed by atoms with E-state index in [-0.39, 0.29) is 16.9 Å². The normalized spacial score (nSPS) is 13.7. The molecule has 1 unspecified atom stereocenters. The van der Waals surface area contributed by atoms with E-state index < -0.39 is 9.84 Å². The summed E-state index contributed by atoms with van der Waals surface area (Å²) < 4.78 is 23.6. The first-order valence-electron chi connectivity index (χ1n) is 6.68. The van der Waals surface area contributed by atoms with Gasteiger partial charge in [0.1, 0.15) is 0 Å². The number of hydrogen-bond donors (Lipinski definition) is 0. The third kappa shape index (κ3) is 5.53. The molecular formula is C15H23ClO2S. The Balaban J connectivity index is 2.57. The van der Waals surface area contributed by atoms with Gasteiger partial charge in [-0.1, -0.05) is 29.8 Å². The van der Waals surface area contributed by atoms with Crippen molar-refractivity contribution in [1.29, 1.82) is 0 Å². The van der Waals surface area contributed by atoms with Crippen LogP contribution in [0.5, 0.6) is 0 Å². The number of hydrogen-bond acceptors (Lipinski definition) is 2. The molecule has 4 heteroatoms. The molecule has 108 valence electrons. The van der Waals surface area contributed by atoms with E-state index in [0.717, 1.165) is 6.42 Å². The predicted molar refractivity (Wildman–Crippen MR) is 82.6 cm³/mol. The maximum atomic E-state index is 11.8. The molecule has 0 amide bonds. The SMILES string of the molecule is Cc1ccc(CC(CCl)CCS(=O)(=O)C(C)C)cc1. The molecule has 0 heterocycles. The Morgan fingerprint density at radius 3 is 2.21 bits per heavy atom. The van der Waals surface area contributed by atoms with Crippen LogP contribution in [0, 0.1) is 12.8 Å². The van der Waals surface area contributed by atoms with Crippen LogP contribution < -0.4 is 0 Å². The number of halogens is 1. The van der Waals surface area contributed by atoms with E-state index in [1.807, 2.05) is 0 Å². The molecule has 1 rings (SSSR count). The van der Waals surface area contributed by atoms with Crippen molar-refractivity contribution in [2.75, 3.05) is 11.6 Å². The van der Waals surface area contributed by atoms with Gasteiger partial charge in [-0.2, -0.15) is 0 Å². The molecular weight excluding hydrogens is 280 g/mol. The zero-order chi connectivity index (χ0) is 14.5. The van der Waals surface area contributed by atoms with Gasteiger partial charge in [-0.25, -0.2) is 8.42 Å². The van der Waals surface area contributed by atoms with Gasteiger partial charge in [0.2, 0.25) is 0 Å². The number of benzene rings is 1. The van der Waals surface area contributed by atoms with Crippen LogP contribution in [-0.2, 0) is 16.3 Å². The Morgan fingerprint density at radius 2 is 1.74 bits per heavy atom. The summed E-state index contributed by atoms with van der Waals surface area (Å²) in [6.45, 7) is 5.51. The molecule has 0 N–H and O–H groups in total. The largest absolute Gasteiger partial charge is 0.229 e. The van der Waals surface area contributed by atoms with Gasteiger partial charge in [0.25, 0.3) is 0 Å². The molecule has 1 atom stereocenters. The molecule has 1 aromatic carbocycles. The van der Waals surface area contributed by atoms with E-state index in [0.29, 0.717) is 12.3 Å². The molecule has 0 saturated carbocycles. The second-order valence-electron chi connectivity index (χ2n) is 5.41. The quantitative estimate of drug-likeness (QED) is 0.721. The van der Waals surface area contributed by atoms with Gasteiger partial charge < -0.3 is 0 Å². The van der Waals surface area contributed by atoms with Gasteiger partial charge in [0.15, 0.2) is 9.84 Å². The molecule has 0 aliphatic rings. The lowest BCUT2D eigenvalue weighted by atomic mass is 9.98. The highest BCUT2D eigenvalue weighted by Crippen LogP contribution is 2.17. The number of rotatable bonds is 7. The first-order chi connectivity index (χ1) is 8.85. The maximum absolute atomic E-state index is 11.8.